The molecule has 0 saturated carbocycles. The van der Waals surface area contributed by atoms with Gasteiger partial charge in [0.1, 0.15) is 11.2 Å². The normalized spacial score (nSPS) is 12.6. The van der Waals surface area contributed by atoms with Gasteiger partial charge in [-0.1, -0.05) is 19.9 Å². The van der Waals surface area contributed by atoms with Gasteiger partial charge in [-0.2, -0.15) is 0 Å². The second kappa shape index (κ2) is 6.70. The molecule has 0 fully saturated rings. The van der Waals surface area contributed by atoms with E-state index in [4.69, 9.17) is 5.73 Å². The van der Waals surface area contributed by atoms with Gasteiger partial charge in [-0.15, -0.1) is 0 Å². The zero-order valence-corrected chi connectivity index (χ0v) is 13.2. The molecule has 1 amide bonds. The van der Waals surface area contributed by atoms with Crippen molar-refractivity contribution in [3.63, 3.8) is 0 Å². The highest BCUT2D eigenvalue weighted by molar-refractivity contribution is 5.93. The van der Waals surface area contributed by atoms with Gasteiger partial charge >= 0.3 is 0 Å². The van der Waals surface area contributed by atoms with E-state index in [0.29, 0.717) is 24.5 Å². The molecule has 118 valence electrons. The average molecular weight is 302 g/mol. The van der Waals surface area contributed by atoms with E-state index in [1.54, 1.807) is 31.4 Å². The molecular weight excluding hydrogens is 280 g/mol. The number of hydrogen-bond acceptors (Lipinski definition) is 4. The van der Waals surface area contributed by atoms with Gasteiger partial charge in [0.15, 0.2) is 0 Å². The Labute approximate surface area is 129 Å². The van der Waals surface area contributed by atoms with Crippen molar-refractivity contribution in [3.8, 4) is 0 Å². The van der Waals surface area contributed by atoms with Crippen LogP contribution in [-0.4, -0.2) is 39.8 Å². The van der Waals surface area contributed by atoms with Crippen molar-refractivity contribution in [2.24, 2.45) is 11.7 Å². The maximum atomic E-state index is 12.4. The topological polar surface area (TPSA) is 80.7 Å². The summed E-state index contributed by atoms with van der Waals surface area (Å²) in [7, 11) is 1.68. The molecule has 0 saturated heterocycles. The Hall–Kier alpha value is -2.21. The standard InChI is InChI=1S/C16H22N4O2/c1-11(2)13(17)7-9-19(3)15(21)12-10-18-14-6-4-5-8-20(14)16(12)22/h4-6,8,10-11,13H,7,9,17H2,1-3H3. The Kier molecular flexibility index (Phi) is 4.92. The number of hydrogen-bond donors (Lipinski definition) is 1. The number of carbonyl (C=O) groups excluding carboxylic acids is 1. The molecule has 0 aliphatic carbocycles. The first-order valence-electron chi connectivity index (χ1n) is 7.39. The second-order valence-corrected chi connectivity index (χ2v) is 5.83. The number of aromatic nitrogens is 2. The van der Waals surface area contributed by atoms with Gasteiger partial charge in [-0.3, -0.25) is 14.0 Å². The van der Waals surface area contributed by atoms with E-state index in [0.717, 1.165) is 0 Å². The monoisotopic (exact) mass is 302 g/mol. The van der Waals surface area contributed by atoms with Gasteiger partial charge in [0.2, 0.25) is 0 Å². The molecule has 1 atom stereocenters. The van der Waals surface area contributed by atoms with Crippen LogP contribution in [0.1, 0.15) is 30.6 Å². The van der Waals surface area contributed by atoms with Crippen LogP contribution in [0.4, 0.5) is 0 Å². The van der Waals surface area contributed by atoms with E-state index >= 15 is 0 Å². The van der Waals surface area contributed by atoms with Crippen molar-refractivity contribution in [3.05, 3.63) is 46.5 Å². The lowest BCUT2D eigenvalue weighted by molar-refractivity contribution is 0.0787. The minimum atomic E-state index is -0.351. The van der Waals surface area contributed by atoms with Crippen LogP contribution >= 0.6 is 0 Å². The number of pyridine rings is 1. The van der Waals surface area contributed by atoms with Crippen molar-refractivity contribution in [2.75, 3.05) is 13.6 Å². The molecule has 2 aromatic heterocycles. The quantitative estimate of drug-likeness (QED) is 0.898. The van der Waals surface area contributed by atoms with Gasteiger partial charge in [0, 0.05) is 32.0 Å². The third-order valence-corrected chi connectivity index (χ3v) is 3.84. The predicted molar refractivity (Wildman–Crippen MR) is 85.9 cm³/mol. The van der Waals surface area contributed by atoms with Crippen molar-refractivity contribution in [1.82, 2.24) is 14.3 Å². The number of rotatable bonds is 5. The second-order valence-electron chi connectivity index (χ2n) is 5.83. The van der Waals surface area contributed by atoms with Crippen LogP contribution in [0, 0.1) is 5.92 Å². The molecule has 0 bridgehead atoms. The lowest BCUT2D eigenvalue weighted by Crippen LogP contribution is -2.37. The molecule has 0 aromatic carbocycles. The molecule has 22 heavy (non-hydrogen) atoms. The van der Waals surface area contributed by atoms with Gasteiger partial charge in [-0.25, -0.2) is 4.98 Å². The molecular formula is C16H22N4O2. The first kappa shape index (κ1) is 16.2. The van der Waals surface area contributed by atoms with Crippen molar-refractivity contribution < 1.29 is 4.79 Å². The average Bonchev–Trinajstić information content (AvgIpc) is 2.52. The number of nitrogens with zero attached hydrogens (tertiary/aromatic N) is 3. The van der Waals surface area contributed by atoms with Gasteiger partial charge in [0.25, 0.3) is 11.5 Å². The third-order valence-electron chi connectivity index (χ3n) is 3.84. The fourth-order valence-electron chi connectivity index (χ4n) is 2.16. The molecule has 0 radical (unpaired) electrons. The molecule has 1 unspecified atom stereocenters. The maximum absolute atomic E-state index is 12.4. The van der Waals surface area contributed by atoms with Crippen molar-refractivity contribution in [1.29, 1.82) is 0 Å². The van der Waals surface area contributed by atoms with E-state index in [1.165, 1.54) is 15.5 Å². The summed E-state index contributed by atoms with van der Waals surface area (Å²) >= 11 is 0. The summed E-state index contributed by atoms with van der Waals surface area (Å²) in [6.45, 7) is 4.60. The van der Waals surface area contributed by atoms with Crippen molar-refractivity contribution >= 4 is 11.6 Å². The van der Waals surface area contributed by atoms with Gasteiger partial charge in [0.05, 0.1) is 0 Å². The van der Waals surface area contributed by atoms with E-state index in [9.17, 15) is 9.59 Å². The minimum Gasteiger partial charge on any atom is -0.341 e. The largest absolute Gasteiger partial charge is 0.341 e. The van der Waals surface area contributed by atoms with Crippen LogP contribution in [0.2, 0.25) is 0 Å². The molecule has 0 aliphatic rings. The summed E-state index contributed by atoms with van der Waals surface area (Å²) in [6.07, 6.45) is 3.65. The summed E-state index contributed by atoms with van der Waals surface area (Å²) in [5.41, 5.74) is 6.24. The summed E-state index contributed by atoms with van der Waals surface area (Å²) in [5.74, 6) is 0.0307. The molecule has 6 heteroatoms. The van der Waals surface area contributed by atoms with Crippen LogP contribution < -0.4 is 11.3 Å². The lowest BCUT2D eigenvalue weighted by Gasteiger charge is -2.21. The van der Waals surface area contributed by atoms with Crippen molar-refractivity contribution in [2.45, 2.75) is 26.3 Å². The van der Waals surface area contributed by atoms with Crippen LogP contribution in [0.15, 0.2) is 35.4 Å². The lowest BCUT2D eigenvalue weighted by atomic mass is 10.0. The fraction of sp³-hybridized carbons (Fsp3) is 0.438. The summed E-state index contributed by atoms with van der Waals surface area (Å²) in [4.78, 5) is 30.5. The molecule has 0 spiro atoms. The Morgan fingerprint density at radius 1 is 1.41 bits per heavy atom. The Balaban J connectivity index is 2.19. The maximum Gasteiger partial charge on any atom is 0.270 e. The smallest absolute Gasteiger partial charge is 0.270 e. The minimum absolute atomic E-state index is 0.0334. The summed E-state index contributed by atoms with van der Waals surface area (Å²) in [5, 5.41) is 0. The van der Waals surface area contributed by atoms with Crippen LogP contribution in [0.5, 0.6) is 0 Å². The van der Waals surface area contributed by atoms with Crippen LogP contribution in [-0.2, 0) is 0 Å². The molecule has 2 aromatic rings. The Morgan fingerprint density at radius 2 is 2.14 bits per heavy atom. The highest BCUT2D eigenvalue weighted by atomic mass is 16.2. The zero-order chi connectivity index (χ0) is 16.3. The van der Waals surface area contributed by atoms with Gasteiger partial charge in [-0.05, 0) is 24.5 Å². The number of nitrogens with two attached hydrogens (primary N) is 1. The molecule has 2 N–H and O–H groups in total. The number of amides is 1. The first-order valence-corrected chi connectivity index (χ1v) is 7.39. The Bertz CT molecular complexity index is 723. The SMILES string of the molecule is CC(C)C(N)CCN(C)C(=O)c1cnc2ccccn2c1=O. The van der Waals surface area contributed by atoms with E-state index in [2.05, 4.69) is 4.98 Å². The predicted octanol–water partition coefficient (Wildman–Crippen LogP) is 1.14. The highest BCUT2D eigenvalue weighted by Crippen LogP contribution is 2.06. The van der Waals surface area contributed by atoms with Gasteiger partial charge < -0.3 is 10.6 Å². The Morgan fingerprint density at radius 3 is 2.82 bits per heavy atom. The first-order chi connectivity index (χ1) is 10.4. The number of carbonyl (C=O) groups is 1. The van der Waals surface area contributed by atoms with Crippen LogP contribution in [0.3, 0.4) is 0 Å². The van der Waals surface area contributed by atoms with E-state index < -0.39 is 0 Å². The number of fused-ring (bicyclic) bond motifs is 1. The summed E-state index contributed by atoms with van der Waals surface area (Å²) < 4.78 is 1.38. The molecule has 6 nitrogen and oxygen atoms in total. The van der Waals surface area contributed by atoms with E-state index in [-0.39, 0.29) is 23.1 Å². The highest BCUT2D eigenvalue weighted by Gasteiger charge is 2.18. The fourth-order valence-corrected chi connectivity index (χ4v) is 2.16. The van der Waals surface area contributed by atoms with E-state index in [1.807, 2.05) is 13.8 Å². The zero-order valence-electron chi connectivity index (χ0n) is 13.2. The van der Waals surface area contributed by atoms with Crippen LogP contribution in [0.25, 0.3) is 5.65 Å². The summed E-state index contributed by atoms with van der Waals surface area (Å²) in [6, 6.07) is 5.28. The third kappa shape index (κ3) is 3.33. The molecule has 2 heterocycles. The molecule has 0 aliphatic heterocycles. The molecule has 2 rings (SSSR count).